The van der Waals surface area contributed by atoms with Gasteiger partial charge >= 0.3 is 0 Å². The molecule has 2 heterocycles. The van der Waals surface area contributed by atoms with Gasteiger partial charge in [0.1, 0.15) is 4.83 Å². The molecule has 0 aromatic carbocycles. The Kier molecular flexibility index (Phi) is 1.99. The fraction of sp³-hybridized carbons (Fsp3) is 0.364. The van der Waals surface area contributed by atoms with Crippen molar-refractivity contribution in [3.05, 3.63) is 27.7 Å². The number of nitrogens with zero attached hydrogens (tertiary/aromatic N) is 1. The van der Waals surface area contributed by atoms with Gasteiger partial charge in [-0.15, -0.1) is 11.3 Å². The molecule has 1 aliphatic carbocycles. The predicted octanol–water partition coefficient (Wildman–Crippen LogP) is 3.83. The van der Waals surface area contributed by atoms with E-state index in [0.717, 1.165) is 9.85 Å². The summed E-state index contributed by atoms with van der Waals surface area (Å²) in [5.74, 6) is 0. The van der Waals surface area contributed by atoms with Crippen molar-refractivity contribution in [3.63, 3.8) is 0 Å². The van der Waals surface area contributed by atoms with Crippen molar-refractivity contribution in [2.45, 2.75) is 25.7 Å². The van der Waals surface area contributed by atoms with Crippen molar-refractivity contribution in [1.82, 2.24) is 4.98 Å². The third kappa shape index (κ3) is 1.17. The van der Waals surface area contributed by atoms with Crippen LogP contribution in [-0.2, 0) is 12.8 Å². The van der Waals surface area contributed by atoms with E-state index < -0.39 is 0 Å². The number of hydrogen-bond donors (Lipinski definition) is 0. The topological polar surface area (TPSA) is 12.9 Å². The summed E-state index contributed by atoms with van der Waals surface area (Å²) in [6, 6.07) is 1.89. The number of aromatic nitrogens is 1. The Hall–Kier alpha value is -0.600. The molecule has 72 valence electrons. The van der Waals surface area contributed by atoms with Gasteiger partial charge in [-0.05, 0) is 37.3 Å². The summed E-state index contributed by atoms with van der Waals surface area (Å²) in [6.07, 6.45) is 6.81. The van der Waals surface area contributed by atoms with Crippen molar-refractivity contribution >= 4 is 33.2 Å². The maximum Gasteiger partial charge on any atom is 0.125 e. The van der Waals surface area contributed by atoms with Crippen LogP contribution in [0.4, 0.5) is 0 Å². The van der Waals surface area contributed by atoms with Gasteiger partial charge in [-0.3, -0.25) is 0 Å². The van der Waals surface area contributed by atoms with Crippen LogP contribution in [0.15, 0.2) is 12.3 Å². The van der Waals surface area contributed by atoms with Gasteiger partial charge in [-0.1, -0.05) is 11.6 Å². The van der Waals surface area contributed by atoms with Gasteiger partial charge in [0.25, 0.3) is 0 Å². The smallest absolute Gasteiger partial charge is 0.125 e. The minimum absolute atomic E-state index is 0.870. The molecule has 0 spiro atoms. The molecule has 2 aromatic rings. The van der Waals surface area contributed by atoms with Crippen molar-refractivity contribution in [2.24, 2.45) is 0 Å². The average Bonchev–Trinajstić information content (AvgIpc) is 2.57. The molecule has 0 unspecified atom stereocenters. The van der Waals surface area contributed by atoms with Crippen molar-refractivity contribution in [1.29, 1.82) is 0 Å². The maximum absolute atomic E-state index is 6.20. The fourth-order valence-electron chi connectivity index (χ4n) is 2.14. The lowest BCUT2D eigenvalue weighted by atomic mass is 9.97. The molecule has 0 N–H and O–H groups in total. The maximum atomic E-state index is 6.20. The Morgan fingerprint density at radius 3 is 3.07 bits per heavy atom. The number of pyridine rings is 1. The third-order valence-corrected chi connectivity index (χ3v) is 4.32. The highest BCUT2D eigenvalue weighted by Crippen LogP contribution is 2.38. The molecule has 0 fully saturated rings. The summed E-state index contributed by atoms with van der Waals surface area (Å²) in [5.41, 5.74) is 1.47. The van der Waals surface area contributed by atoms with Crippen LogP contribution >= 0.6 is 22.9 Å². The lowest BCUT2D eigenvalue weighted by Crippen LogP contribution is -1.97. The molecule has 3 heteroatoms. The Balaban J connectivity index is 2.38. The Labute approximate surface area is 91.7 Å². The van der Waals surface area contributed by atoms with Gasteiger partial charge in [0, 0.05) is 16.5 Å². The van der Waals surface area contributed by atoms with E-state index in [4.69, 9.17) is 11.6 Å². The van der Waals surface area contributed by atoms with Crippen LogP contribution in [0.3, 0.4) is 0 Å². The van der Waals surface area contributed by atoms with Crippen LogP contribution in [0.1, 0.15) is 23.3 Å². The van der Waals surface area contributed by atoms with Crippen LogP contribution in [0, 0.1) is 0 Å². The lowest BCUT2D eigenvalue weighted by molar-refractivity contribution is 0.700. The van der Waals surface area contributed by atoms with E-state index in [1.54, 1.807) is 6.20 Å². The van der Waals surface area contributed by atoms with Crippen molar-refractivity contribution in [2.75, 3.05) is 0 Å². The van der Waals surface area contributed by atoms with E-state index in [1.807, 2.05) is 17.4 Å². The standard InChI is InChI=1S/C11H10ClNS/c12-8-5-6-13-11-10(8)7-3-1-2-4-9(7)14-11/h5-6H,1-4H2. The molecule has 3 rings (SSSR count). The predicted molar refractivity (Wildman–Crippen MR) is 61.3 cm³/mol. The molecule has 14 heavy (non-hydrogen) atoms. The summed E-state index contributed by atoms with van der Waals surface area (Å²) in [5, 5.41) is 2.09. The second-order valence-corrected chi connectivity index (χ2v) is 5.17. The molecule has 0 saturated carbocycles. The van der Waals surface area contributed by atoms with Gasteiger partial charge in [-0.2, -0.15) is 0 Å². The number of rotatable bonds is 0. The molecular weight excluding hydrogens is 214 g/mol. The summed E-state index contributed by atoms with van der Waals surface area (Å²) >= 11 is 8.02. The molecule has 0 bridgehead atoms. The second kappa shape index (κ2) is 3.21. The number of fused-ring (bicyclic) bond motifs is 3. The zero-order valence-electron chi connectivity index (χ0n) is 7.72. The zero-order valence-corrected chi connectivity index (χ0v) is 9.29. The molecule has 2 aromatic heterocycles. The number of hydrogen-bond acceptors (Lipinski definition) is 2. The van der Waals surface area contributed by atoms with Crippen molar-refractivity contribution in [3.8, 4) is 0 Å². The van der Waals surface area contributed by atoms with Crippen molar-refractivity contribution < 1.29 is 0 Å². The zero-order chi connectivity index (χ0) is 9.54. The lowest BCUT2D eigenvalue weighted by Gasteiger charge is -2.10. The fourth-order valence-corrected chi connectivity index (χ4v) is 3.71. The second-order valence-electron chi connectivity index (χ2n) is 3.68. The number of aryl methyl sites for hydroxylation is 2. The molecule has 1 aliphatic rings. The van der Waals surface area contributed by atoms with Crippen LogP contribution in [0.2, 0.25) is 5.02 Å². The molecule has 0 amide bonds. The highest BCUT2D eigenvalue weighted by atomic mass is 35.5. The first-order valence-corrected chi connectivity index (χ1v) is 6.10. The highest BCUT2D eigenvalue weighted by molar-refractivity contribution is 7.19. The van der Waals surface area contributed by atoms with Crippen LogP contribution in [0.25, 0.3) is 10.2 Å². The Bertz CT molecular complexity index is 489. The van der Waals surface area contributed by atoms with E-state index in [1.165, 1.54) is 41.5 Å². The Morgan fingerprint density at radius 1 is 1.29 bits per heavy atom. The number of halogens is 1. The normalized spacial score (nSPS) is 15.8. The summed E-state index contributed by atoms with van der Waals surface area (Å²) < 4.78 is 0. The summed E-state index contributed by atoms with van der Waals surface area (Å²) in [6.45, 7) is 0. The molecule has 0 aliphatic heterocycles. The third-order valence-electron chi connectivity index (χ3n) is 2.80. The van der Waals surface area contributed by atoms with Crippen LogP contribution in [-0.4, -0.2) is 4.98 Å². The van der Waals surface area contributed by atoms with Crippen LogP contribution in [0.5, 0.6) is 0 Å². The molecule has 0 atom stereocenters. The van der Waals surface area contributed by atoms with Crippen LogP contribution < -0.4 is 0 Å². The van der Waals surface area contributed by atoms with E-state index in [2.05, 4.69) is 4.98 Å². The van der Waals surface area contributed by atoms with Gasteiger partial charge in [0.05, 0.1) is 5.02 Å². The summed E-state index contributed by atoms with van der Waals surface area (Å²) in [4.78, 5) is 7.00. The van der Waals surface area contributed by atoms with Gasteiger partial charge in [0.2, 0.25) is 0 Å². The first-order chi connectivity index (χ1) is 6.86. The van der Waals surface area contributed by atoms with Gasteiger partial charge < -0.3 is 0 Å². The van der Waals surface area contributed by atoms with E-state index in [0.29, 0.717) is 0 Å². The monoisotopic (exact) mass is 223 g/mol. The van der Waals surface area contributed by atoms with E-state index >= 15 is 0 Å². The molecule has 1 nitrogen and oxygen atoms in total. The highest BCUT2D eigenvalue weighted by Gasteiger charge is 2.17. The number of thiophene rings is 1. The molecule has 0 saturated heterocycles. The Morgan fingerprint density at radius 2 is 2.14 bits per heavy atom. The molecule has 0 radical (unpaired) electrons. The largest absolute Gasteiger partial charge is 0.245 e. The minimum Gasteiger partial charge on any atom is -0.245 e. The van der Waals surface area contributed by atoms with E-state index in [-0.39, 0.29) is 0 Å². The molecular formula is C11H10ClNS. The minimum atomic E-state index is 0.870. The van der Waals surface area contributed by atoms with Gasteiger partial charge in [0.15, 0.2) is 0 Å². The first kappa shape index (κ1) is 8.69. The average molecular weight is 224 g/mol. The van der Waals surface area contributed by atoms with Gasteiger partial charge in [-0.25, -0.2) is 4.98 Å². The van der Waals surface area contributed by atoms with E-state index in [9.17, 15) is 0 Å². The quantitative estimate of drug-likeness (QED) is 0.662. The SMILES string of the molecule is Clc1ccnc2sc3c(c12)CCCC3. The first-order valence-electron chi connectivity index (χ1n) is 4.91. The summed E-state index contributed by atoms with van der Waals surface area (Å²) in [7, 11) is 0.